The quantitative estimate of drug-likeness (QED) is 0.686. The molecule has 2 bridgehead atoms. The molecule has 2 heterocycles. The van der Waals surface area contributed by atoms with Crippen LogP contribution < -0.4 is 0 Å². The van der Waals surface area contributed by atoms with E-state index in [1.807, 2.05) is 11.9 Å². The molecule has 5 aliphatic rings. The summed E-state index contributed by atoms with van der Waals surface area (Å²) in [6.07, 6.45) is 9.72. The molecule has 1 aromatic carbocycles. The molecule has 3 nitrogen and oxygen atoms in total. The number of hydrogen-bond donors (Lipinski definition) is 0. The standard InChI is InChI=1S/C20H25ClN2OS/c21-17-4-2-15(3-5-17)18-16-6-9-19(10-7-16,20(18)8-1-11-22-20)23-12-13-24-14-25-23/h2-5,11,16,18H,1,6-10,12-14H2. The number of halogens is 1. The molecule has 1 spiro atoms. The highest BCUT2D eigenvalue weighted by molar-refractivity contribution is 7.96. The predicted molar refractivity (Wildman–Crippen MR) is 104 cm³/mol. The zero-order chi connectivity index (χ0) is 16.9. The van der Waals surface area contributed by atoms with Gasteiger partial charge in [-0.25, -0.2) is 4.31 Å². The Bertz CT molecular complexity index is 665. The topological polar surface area (TPSA) is 24.8 Å². The predicted octanol–water partition coefficient (Wildman–Crippen LogP) is 4.91. The molecule has 25 heavy (non-hydrogen) atoms. The number of ether oxygens (including phenoxy) is 1. The molecule has 1 aromatic rings. The zero-order valence-electron chi connectivity index (χ0n) is 14.5. The van der Waals surface area contributed by atoms with Crippen molar-refractivity contribution in [3.8, 4) is 0 Å². The van der Waals surface area contributed by atoms with Crippen molar-refractivity contribution in [1.82, 2.24) is 4.31 Å². The van der Waals surface area contributed by atoms with Crippen LogP contribution in [0.4, 0.5) is 0 Å². The Kier molecular flexibility index (Phi) is 4.16. The summed E-state index contributed by atoms with van der Waals surface area (Å²) in [4.78, 5) is 5.28. The van der Waals surface area contributed by atoms with E-state index in [1.54, 1.807) is 0 Å². The highest BCUT2D eigenvalue weighted by atomic mass is 35.5. The minimum absolute atomic E-state index is 0.0341. The third kappa shape index (κ3) is 2.37. The first kappa shape index (κ1) is 16.6. The van der Waals surface area contributed by atoms with Gasteiger partial charge in [0.25, 0.3) is 0 Å². The molecule has 0 radical (unpaired) electrons. The van der Waals surface area contributed by atoms with E-state index in [0.29, 0.717) is 5.92 Å². The highest BCUT2D eigenvalue weighted by Crippen LogP contribution is 2.65. The monoisotopic (exact) mass is 376 g/mol. The molecule has 5 heteroatoms. The fraction of sp³-hybridized carbons (Fsp3) is 0.650. The van der Waals surface area contributed by atoms with Gasteiger partial charge in [-0.15, -0.1) is 0 Å². The van der Waals surface area contributed by atoms with E-state index in [4.69, 9.17) is 21.3 Å². The summed E-state index contributed by atoms with van der Waals surface area (Å²) >= 11 is 8.07. The Morgan fingerprint density at radius 2 is 1.96 bits per heavy atom. The number of fused-ring (bicyclic) bond motifs is 2. The van der Waals surface area contributed by atoms with Crippen molar-refractivity contribution in [3.63, 3.8) is 0 Å². The first-order valence-corrected chi connectivity index (χ1v) is 10.8. The van der Waals surface area contributed by atoms with Crippen LogP contribution in [0.3, 0.4) is 0 Å². The molecular weight excluding hydrogens is 352 g/mol. The average molecular weight is 377 g/mol. The van der Waals surface area contributed by atoms with Crippen molar-refractivity contribution in [1.29, 1.82) is 0 Å². The SMILES string of the molecule is Clc1ccc(C2C3CCC(N4CCOCS4)(CC3)C23CCC=N3)cc1. The van der Waals surface area contributed by atoms with Gasteiger partial charge in [0.1, 0.15) is 5.94 Å². The Labute approximate surface area is 159 Å². The highest BCUT2D eigenvalue weighted by Gasteiger charge is 2.66. The number of benzene rings is 1. The van der Waals surface area contributed by atoms with Gasteiger partial charge in [0.15, 0.2) is 0 Å². The van der Waals surface area contributed by atoms with Crippen LogP contribution in [-0.4, -0.2) is 40.7 Å². The number of aliphatic imine (C=N–C) groups is 1. The molecule has 0 aromatic heterocycles. The maximum atomic E-state index is 6.17. The van der Waals surface area contributed by atoms with Crippen molar-refractivity contribution < 1.29 is 4.74 Å². The molecule has 0 N–H and O–H groups in total. The van der Waals surface area contributed by atoms with Crippen LogP contribution in [0.5, 0.6) is 0 Å². The second-order valence-corrected chi connectivity index (χ2v) is 9.30. The van der Waals surface area contributed by atoms with Crippen molar-refractivity contribution in [2.75, 3.05) is 19.1 Å². The van der Waals surface area contributed by atoms with E-state index in [9.17, 15) is 0 Å². The molecule has 6 rings (SSSR count). The molecule has 3 saturated carbocycles. The third-order valence-electron chi connectivity index (χ3n) is 7.06. The van der Waals surface area contributed by atoms with Gasteiger partial charge < -0.3 is 4.74 Å². The Hall–Kier alpha value is -0.550. The lowest BCUT2D eigenvalue weighted by atomic mass is 9.48. The van der Waals surface area contributed by atoms with Gasteiger partial charge in [-0.05, 0) is 80.3 Å². The van der Waals surface area contributed by atoms with Crippen molar-refractivity contribution in [2.24, 2.45) is 10.9 Å². The Morgan fingerprint density at radius 1 is 1.16 bits per heavy atom. The summed E-state index contributed by atoms with van der Waals surface area (Å²) < 4.78 is 8.31. The lowest BCUT2D eigenvalue weighted by Crippen LogP contribution is -2.70. The fourth-order valence-electron chi connectivity index (χ4n) is 6.12. The maximum Gasteiger partial charge on any atom is 0.107 e. The van der Waals surface area contributed by atoms with Crippen LogP contribution in [0.2, 0.25) is 5.02 Å². The van der Waals surface area contributed by atoms with Crippen molar-refractivity contribution in [3.05, 3.63) is 34.9 Å². The van der Waals surface area contributed by atoms with E-state index in [-0.39, 0.29) is 11.1 Å². The summed E-state index contributed by atoms with van der Waals surface area (Å²) in [5, 5.41) is 0.826. The van der Waals surface area contributed by atoms with E-state index in [0.717, 1.165) is 36.5 Å². The van der Waals surface area contributed by atoms with Gasteiger partial charge >= 0.3 is 0 Å². The van der Waals surface area contributed by atoms with E-state index >= 15 is 0 Å². The molecule has 3 aliphatic carbocycles. The van der Waals surface area contributed by atoms with Crippen LogP contribution in [0, 0.1) is 5.92 Å². The summed E-state index contributed by atoms with van der Waals surface area (Å²) in [5.41, 5.74) is 1.66. The normalized spacial score (nSPS) is 40.8. The van der Waals surface area contributed by atoms with Gasteiger partial charge in [-0.1, -0.05) is 23.7 Å². The fourth-order valence-corrected chi connectivity index (χ4v) is 7.36. The van der Waals surface area contributed by atoms with Gasteiger partial charge in [0.05, 0.1) is 17.7 Å². The Balaban J connectivity index is 1.62. The van der Waals surface area contributed by atoms with Gasteiger partial charge in [0, 0.05) is 17.5 Å². The molecule has 134 valence electrons. The largest absolute Gasteiger partial charge is 0.368 e. The zero-order valence-corrected chi connectivity index (χ0v) is 16.1. The molecule has 2 aliphatic heterocycles. The third-order valence-corrected chi connectivity index (χ3v) is 8.43. The van der Waals surface area contributed by atoms with Crippen LogP contribution in [0.1, 0.15) is 50.0 Å². The van der Waals surface area contributed by atoms with E-state index in [2.05, 4.69) is 34.8 Å². The van der Waals surface area contributed by atoms with Crippen LogP contribution in [0.25, 0.3) is 0 Å². The minimum atomic E-state index is 0.0341. The summed E-state index contributed by atoms with van der Waals surface area (Å²) in [6, 6.07) is 8.62. The van der Waals surface area contributed by atoms with Crippen LogP contribution >= 0.6 is 23.5 Å². The molecule has 2 atom stereocenters. The van der Waals surface area contributed by atoms with E-state index in [1.165, 1.54) is 37.7 Å². The molecule has 1 saturated heterocycles. The summed E-state index contributed by atoms with van der Waals surface area (Å²) in [6.45, 7) is 1.88. The molecular formula is C20H25ClN2OS. The van der Waals surface area contributed by atoms with Crippen LogP contribution in [0.15, 0.2) is 29.3 Å². The molecule has 2 unspecified atom stereocenters. The average Bonchev–Trinajstić information content (AvgIpc) is 3.15. The summed E-state index contributed by atoms with van der Waals surface area (Å²) in [5.74, 6) is 2.06. The Morgan fingerprint density at radius 3 is 2.60 bits per heavy atom. The minimum Gasteiger partial charge on any atom is -0.368 e. The van der Waals surface area contributed by atoms with Gasteiger partial charge in [-0.2, -0.15) is 0 Å². The van der Waals surface area contributed by atoms with Crippen molar-refractivity contribution in [2.45, 2.75) is 55.5 Å². The van der Waals surface area contributed by atoms with E-state index < -0.39 is 0 Å². The van der Waals surface area contributed by atoms with Crippen molar-refractivity contribution >= 4 is 29.8 Å². The number of hydrogen-bond acceptors (Lipinski definition) is 4. The molecule has 4 fully saturated rings. The summed E-state index contributed by atoms with van der Waals surface area (Å²) in [7, 11) is 0. The number of rotatable bonds is 2. The molecule has 0 amide bonds. The lowest BCUT2D eigenvalue weighted by molar-refractivity contribution is -0.0598. The lowest BCUT2D eigenvalue weighted by Gasteiger charge is -2.65. The second kappa shape index (κ2) is 6.26. The van der Waals surface area contributed by atoms with Gasteiger partial charge in [0.2, 0.25) is 0 Å². The first-order valence-electron chi connectivity index (χ1n) is 9.53. The smallest absolute Gasteiger partial charge is 0.107 e. The first-order chi connectivity index (χ1) is 12.3. The number of nitrogens with zero attached hydrogens (tertiary/aromatic N) is 2. The van der Waals surface area contributed by atoms with Gasteiger partial charge in [-0.3, -0.25) is 4.99 Å². The van der Waals surface area contributed by atoms with Crippen LogP contribution in [-0.2, 0) is 4.74 Å². The second-order valence-electron chi connectivity index (χ2n) is 7.93. The maximum absolute atomic E-state index is 6.17.